The van der Waals surface area contributed by atoms with E-state index in [1.54, 1.807) is 19.3 Å². The van der Waals surface area contributed by atoms with Gasteiger partial charge < -0.3 is 0 Å². The van der Waals surface area contributed by atoms with Gasteiger partial charge in [-0.05, 0) is 18.6 Å². The summed E-state index contributed by atoms with van der Waals surface area (Å²) < 4.78 is 0. The van der Waals surface area contributed by atoms with E-state index in [0.29, 0.717) is 0 Å². The van der Waals surface area contributed by atoms with Crippen LogP contribution in [0, 0.1) is 0 Å². The zero-order valence-electron chi connectivity index (χ0n) is 6.54. The van der Waals surface area contributed by atoms with Crippen LogP contribution in [0.15, 0.2) is 41.4 Å². The Labute approximate surface area is 62.5 Å². The summed E-state index contributed by atoms with van der Waals surface area (Å²) in [6.07, 6.45) is 9.34. The SMILES string of the molecule is C=C\C=C/C(C)=C\C=N/C. The van der Waals surface area contributed by atoms with Crippen molar-refractivity contribution < 1.29 is 0 Å². The van der Waals surface area contributed by atoms with E-state index in [0.717, 1.165) is 0 Å². The maximum atomic E-state index is 3.82. The van der Waals surface area contributed by atoms with E-state index in [-0.39, 0.29) is 0 Å². The predicted octanol–water partition coefficient (Wildman–Crippen LogP) is 2.38. The second-order valence-electron chi connectivity index (χ2n) is 1.91. The van der Waals surface area contributed by atoms with Crippen molar-refractivity contribution in [1.29, 1.82) is 0 Å². The minimum atomic E-state index is 1.17. The Morgan fingerprint density at radius 1 is 1.50 bits per heavy atom. The van der Waals surface area contributed by atoms with Crippen LogP contribution in [-0.4, -0.2) is 13.3 Å². The highest BCUT2D eigenvalue weighted by atomic mass is 14.6. The summed E-state index contributed by atoms with van der Waals surface area (Å²) in [6.45, 7) is 5.58. The van der Waals surface area contributed by atoms with E-state index in [1.807, 2.05) is 25.2 Å². The molecule has 0 spiro atoms. The number of hydrogen-bond acceptors (Lipinski definition) is 1. The van der Waals surface area contributed by atoms with Crippen molar-refractivity contribution in [2.24, 2.45) is 4.99 Å². The van der Waals surface area contributed by atoms with E-state index in [9.17, 15) is 0 Å². The van der Waals surface area contributed by atoms with Crippen molar-refractivity contribution in [3.05, 3.63) is 36.5 Å². The largest absolute Gasteiger partial charge is 0.297 e. The van der Waals surface area contributed by atoms with E-state index in [4.69, 9.17) is 0 Å². The van der Waals surface area contributed by atoms with Crippen LogP contribution in [0.25, 0.3) is 0 Å². The van der Waals surface area contributed by atoms with Crippen molar-refractivity contribution in [3.63, 3.8) is 0 Å². The topological polar surface area (TPSA) is 12.4 Å². The molecule has 0 amide bonds. The molecule has 0 aliphatic rings. The molecule has 0 radical (unpaired) electrons. The summed E-state index contributed by atoms with van der Waals surface area (Å²) in [7, 11) is 1.75. The molecule has 0 aromatic carbocycles. The normalized spacial score (nSPS) is 13.2. The molecule has 0 aliphatic heterocycles. The molecule has 0 fully saturated rings. The van der Waals surface area contributed by atoms with Crippen molar-refractivity contribution in [2.45, 2.75) is 6.92 Å². The molecule has 0 N–H and O–H groups in total. The van der Waals surface area contributed by atoms with Gasteiger partial charge >= 0.3 is 0 Å². The molecule has 10 heavy (non-hydrogen) atoms. The Kier molecular flexibility index (Phi) is 5.35. The number of nitrogens with zero attached hydrogens (tertiary/aromatic N) is 1. The average molecular weight is 135 g/mol. The van der Waals surface area contributed by atoms with Gasteiger partial charge in [0.1, 0.15) is 0 Å². The molecular weight excluding hydrogens is 122 g/mol. The first kappa shape index (κ1) is 8.89. The number of rotatable bonds is 3. The molecule has 1 heteroatoms. The molecule has 0 saturated heterocycles. The Bertz CT molecular complexity index is 173. The zero-order chi connectivity index (χ0) is 7.82. The van der Waals surface area contributed by atoms with Gasteiger partial charge in [0, 0.05) is 13.3 Å². The van der Waals surface area contributed by atoms with Crippen LogP contribution < -0.4 is 0 Å². The molecule has 1 nitrogen and oxygen atoms in total. The fourth-order valence-corrected chi connectivity index (χ4v) is 0.467. The summed E-state index contributed by atoms with van der Waals surface area (Å²) >= 11 is 0. The lowest BCUT2D eigenvalue weighted by molar-refractivity contribution is 1.46. The predicted molar refractivity (Wildman–Crippen MR) is 47.5 cm³/mol. The van der Waals surface area contributed by atoms with Crippen LogP contribution in [-0.2, 0) is 0 Å². The lowest BCUT2D eigenvalue weighted by atomic mass is 10.2. The third-order valence-electron chi connectivity index (χ3n) is 0.982. The van der Waals surface area contributed by atoms with Gasteiger partial charge in [-0.1, -0.05) is 24.8 Å². The molecule has 0 bridgehead atoms. The summed E-state index contributed by atoms with van der Waals surface area (Å²) in [5.41, 5.74) is 1.17. The Hall–Kier alpha value is -1.11. The minimum Gasteiger partial charge on any atom is -0.297 e. The van der Waals surface area contributed by atoms with Crippen LogP contribution >= 0.6 is 0 Å². The lowest BCUT2D eigenvalue weighted by Gasteiger charge is -1.83. The first-order valence-electron chi connectivity index (χ1n) is 3.19. The van der Waals surface area contributed by atoms with Crippen LogP contribution in [0.5, 0.6) is 0 Å². The molecule has 0 unspecified atom stereocenters. The summed E-state index contributed by atoms with van der Waals surface area (Å²) in [6, 6.07) is 0. The molecule has 54 valence electrons. The summed E-state index contributed by atoms with van der Waals surface area (Å²) in [4.78, 5) is 3.82. The highest BCUT2D eigenvalue weighted by Gasteiger charge is 1.74. The maximum Gasteiger partial charge on any atom is 0.0277 e. The molecule has 0 aromatic rings. The van der Waals surface area contributed by atoms with E-state index in [1.165, 1.54) is 5.57 Å². The Morgan fingerprint density at radius 3 is 2.70 bits per heavy atom. The quantitative estimate of drug-likeness (QED) is 0.416. The molecule has 0 saturated carbocycles. The van der Waals surface area contributed by atoms with Crippen molar-refractivity contribution in [3.8, 4) is 0 Å². The van der Waals surface area contributed by atoms with Gasteiger partial charge in [-0.15, -0.1) is 0 Å². The van der Waals surface area contributed by atoms with Gasteiger partial charge in [0.05, 0.1) is 0 Å². The highest BCUT2D eigenvalue weighted by Crippen LogP contribution is 1.92. The van der Waals surface area contributed by atoms with Gasteiger partial charge in [-0.3, -0.25) is 4.99 Å². The fraction of sp³-hybridized carbons (Fsp3) is 0.222. The second kappa shape index (κ2) is 6.02. The van der Waals surface area contributed by atoms with Crippen LogP contribution in [0.4, 0.5) is 0 Å². The fourth-order valence-electron chi connectivity index (χ4n) is 0.467. The highest BCUT2D eigenvalue weighted by molar-refractivity contribution is 5.72. The third kappa shape index (κ3) is 5.04. The Balaban J connectivity index is 3.93. The van der Waals surface area contributed by atoms with Gasteiger partial charge in [-0.2, -0.15) is 0 Å². The van der Waals surface area contributed by atoms with Gasteiger partial charge in [0.15, 0.2) is 0 Å². The van der Waals surface area contributed by atoms with Crippen LogP contribution in [0.2, 0.25) is 0 Å². The van der Waals surface area contributed by atoms with E-state index >= 15 is 0 Å². The number of allylic oxidation sites excluding steroid dienone is 5. The van der Waals surface area contributed by atoms with E-state index < -0.39 is 0 Å². The first-order valence-corrected chi connectivity index (χ1v) is 3.19. The lowest BCUT2D eigenvalue weighted by Crippen LogP contribution is -1.69. The monoisotopic (exact) mass is 135 g/mol. The van der Waals surface area contributed by atoms with Crippen molar-refractivity contribution >= 4 is 6.21 Å². The van der Waals surface area contributed by atoms with Crippen molar-refractivity contribution in [2.75, 3.05) is 7.05 Å². The van der Waals surface area contributed by atoms with E-state index in [2.05, 4.69) is 11.6 Å². The molecule has 0 atom stereocenters. The molecule has 0 rings (SSSR count). The number of aliphatic imine (C=N–C) groups is 1. The minimum absolute atomic E-state index is 1.17. The first-order chi connectivity index (χ1) is 4.81. The second-order valence-corrected chi connectivity index (χ2v) is 1.91. The molecular formula is C9H13N. The molecule has 0 aliphatic carbocycles. The zero-order valence-corrected chi connectivity index (χ0v) is 6.54. The summed E-state index contributed by atoms with van der Waals surface area (Å²) in [5.74, 6) is 0. The number of hydrogen-bond donors (Lipinski definition) is 0. The smallest absolute Gasteiger partial charge is 0.0277 e. The van der Waals surface area contributed by atoms with Crippen molar-refractivity contribution in [1.82, 2.24) is 0 Å². The Morgan fingerprint density at radius 2 is 2.20 bits per heavy atom. The third-order valence-corrected chi connectivity index (χ3v) is 0.982. The average Bonchev–Trinajstić information content (AvgIpc) is 1.97. The van der Waals surface area contributed by atoms with Crippen LogP contribution in [0.1, 0.15) is 6.92 Å². The standard InChI is InChI=1S/C9H13N/c1-4-5-6-9(2)7-8-10-3/h4-8H,1H2,2-3H3/b6-5-,9-7-,10-8-. The van der Waals surface area contributed by atoms with Gasteiger partial charge in [0.25, 0.3) is 0 Å². The van der Waals surface area contributed by atoms with Gasteiger partial charge in [0.2, 0.25) is 0 Å². The molecule has 0 heterocycles. The van der Waals surface area contributed by atoms with Gasteiger partial charge in [-0.25, -0.2) is 0 Å². The molecule has 0 aromatic heterocycles. The summed E-state index contributed by atoms with van der Waals surface area (Å²) in [5, 5.41) is 0. The maximum absolute atomic E-state index is 3.82. The van der Waals surface area contributed by atoms with Crippen LogP contribution in [0.3, 0.4) is 0 Å².